The van der Waals surface area contributed by atoms with Crippen molar-refractivity contribution >= 4 is 5.78 Å². The van der Waals surface area contributed by atoms with Crippen molar-refractivity contribution in [3.8, 4) is 0 Å². The van der Waals surface area contributed by atoms with Crippen LogP contribution in [0.25, 0.3) is 0 Å². The molecule has 2 fully saturated rings. The molecule has 4 heteroatoms. The van der Waals surface area contributed by atoms with Crippen molar-refractivity contribution in [3.05, 3.63) is 10.1 Å². The fourth-order valence-electron chi connectivity index (χ4n) is 3.95. The van der Waals surface area contributed by atoms with Crippen LogP contribution in [-0.4, -0.2) is 17.3 Å². The van der Waals surface area contributed by atoms with Gasteiger partial charge in [0.2, 0.25) is 6.54 Å². The normalized spacial score (nSPS) is 24.0. The number of carbonyl (C=O) groups excluding carboxylic acids is 1. The third-order valence-electron chi connectivity index (χ3n) is 5.08. The van der Waals surface area contributed by atoms with Crippen molar-refractivity contribution < 1.29 is 9.72 Å². The fraction of sp³-hybridized carbons (Fsp3) is 0.933. The number of nitrogens with zero attached hydrogens (tertiary/aromatic N) is 1. The molecule has 0 aromatic rings. The van der Waals surface area contributed by atoms with Crippen molar-refractivity contribution in [2.45, 2.75) is 70.6 Å². The number of rotatable bonds is 5. The molecule has 0 aliphatic heterocycles. The third kappa shape index (κ3) is 3.54. The molecule has 0 unspecified atom stereocenters. The molecule has 0 radical (unpaired) electrons. The van der Waals surface area contributed by atoms with Crippen LogP contribution in [0, 0.1) is 21.4 Å². The highest BCUT2D eigenvalue weighted by atomic mass is 16.6. The third-order valence-corrected chi connectivity index (χ3v) is 5.08. The summed E-state index contributed by atoms with van der Waals surface area (Å²) in [5, 5.41) is 10.7. The van der Waals surface area contributed by atoms with Crippen molar-refractivity contribution in [1.29, 1.82) is 0 Å². The average Bonchev–Trinajstić information content (AvgIpc) is 2.46. The molecule has 19 heavy (non-hydrogen) atoms. The number of ketones is 1. The molecule has 0 aromatic heterocycles. The summed E-state index contributed by atoms with van der Waals surface area (Å²) in [5.74, 6) is 0.562. The number of carbonyl (C=O) groups is 1. The highest BCUT2D eigenvalue weighted by Gasteiger charge is 2.43. The monoisotopic (exact) mass is 267 g/mol. The Balaban J connectivity index is 2.06. The standard InChI is InChI=1S/C15H25NO3/c17-14(13-7-3-1-4-8-13)15(11-12-16(18)19)9-5-2-6-10-15/h13H,1-12H2. The first-order valence-corrected chi connectivity index (χ1v) is 7.80. The molecular formula is C15H25NO3. The minimum Gasteiger partial charge on any atom is -0.299 e. The maximum atomic E-state index is 12.9. The Morgan fingerprint density at radius 1 is 1.05 bits per heavy atom. The van der Waals surface area contributed by atoms with Gasteiger partial charge in [-0.3, -0.25) is 14.9 Å². The van der Waals surface area contributed by atoms with Gasteiger partial charge < -0.3 is 0 Å². The van der Waals surface area contributed by atoms with Gasteiger partial charge in [0, 0.05) is 22.7 Å². The zero-order valence-electron chi connectivity index (χ0n) is 11.7. The molecule has 0 spiro atoms. The van der Waals surface area contributed by atoms with Crippen LogP contribution < -0.4 is 0 Å². The van der Waals surface area contributed by atoms with Crippen molar-refractivity contribution in [2.24, 2.45) is 11.3 Å². The molecule has 0 atom stereocenters. The summed E-state index contributed by atoms with van der Waals surface area (Å²) in [6, 6.07) is 0. The molecule has 108 valence electrons. The van der Waals surface area contributed by atoms with Crippen LogP contribution in [0.1, 0.15) is 70.6 Å². The molecule has 0 saturated heterocycles. The Hall–Kier alpha value is -0.930. The van der Waals surface area contributed by atoms with Gasteiger partial charge in [0.25, 0.3) is 0 Å². The zero-order valence-corrected chi connectivity index (χ0v) is 11.7. The van der Waals surface area contributed by atoms with E-state index in [1.807, 2.05) is 0 Å². The summed E-state index contributed by atoms with van der Waals surface area (Å²) in [6.07, 6.45) is 11.1. The molecule has 2 aliphatic carbocycles. The Labute approximate surface area is 115 Å². The number of hydrogen-bond donors (Lipinski definition) is 0. The maximum absolute atomic E-state index is 12.9. The summed E-state index contributed by atoms with van der Waals surface area (Å²) >= 11 is 0. The topological polar surface area (TPSA) is 60.2 Å². The van der Waals surface area contributed by atoms with Gasteiger partial charge >= 0.3 is 0 Å². The van der Waals surface area contributed by atoms with Gasteiger partial charge in [-0.2, -0.15) is 0 Å². The maximum Gasteiger partial charge on any atom is 0.204 e. The van der Waals surface area contributed by atoms with E-state index in [9.17, 15) is 14.9 Å². The Kier molecular flexibility index (Phi) is 4.94. The van der Waals surface area contributed by atoms with Crippen LogP contribution in [0.2, 0.25) is 0 Å². The Bertz CT molecular complexity index is 328. The van der Waals surface area contributed by atoms with Gasteiger partial charge in [-0.15, -0.1) is 0 Å². The molecule has 0 N–H and O–H groups in total. The van der Waals surface area contributed by atoms with Gasteiger partial charge in [0.15, 0.2) is 0 Å². The van der Waals surface area contributed by atoms with E-state index in [-0.39, 0.29) is 22.8 Å². The zero-order chi connectivity index (χ0) is 13.7. The van der Waals surface area contributed by atoms with Gasteiger partial charge in [0.05, 0.1) is 0 Å². The van der Waals surface area contributed by atoms with Crippen LogP contribution in [0.5, 0.6) is 0 Å². The molecule has 4 nitrogen and oxygen atoms in total. The highest BCUT2D eigenvalue weighted by molar-refractivity contribution is 5.87. The molecule has 2 saturated carbocycles. The number of nitro groups is 1. The van der Waals surface area contributed by atoms with E-state index in [1.54, 1.807) is 0 Å². The first kappa shape index (κ1) is 14.5. The summed E-state index contributed by atoms with van der Waals surface area (Å²) in [7, 11) is 0. The lowest BCUT2D eigenvalue weighted by atomic mass is 9.64. The molecule has 2 rings (SSSR count). The number of Topliss-reactive ketones (excluding diaryl/α,β-unsaturated/α-hetero) is 1. The van der Waals surface area contributed by atoms with Crippen molar-refractivity contribution in [2.75, 3.05) is 6.54 Å². The molecule has 0 amide bonds. The van der Waals surface area contributed by atoms with Crippen molar-refractivity contribution in [3.63, 3.8) is 0 Å². The summed E-state index contributed by atoms with van der Waals surface area (Å²) in [5.41, 5.74) is -0.354. The van der Waals surface area contributed by atoms with E-state index in [0.29, 0.717) is 12.2 Å². The van der Waals surface area contributed by atoms with E-state index in [0.717, 1.165) is 51.4 Å². The van der Waals surface area contributed by atoms with Crippen LogP contribution >= 0.6 is 0 Å². The minimum absolute atomic E-state index is 0.0432. The molecule has 0 heterocycles. The molecule has 2 aliphatic rings. The van der Waals surface area contributed by atoms with E-state index >= 15 is 0 Å². The SMILES string of the molecule is O=C(C1CCCCC1)C1(CC[N+](=O)[O-])CCCCC1. The smallest absolute Gasteiger partial charge is 0.204 e. The second-order valence-corrected chi connectivity index (χ2v) is 6.35. The first-order valence-electron chi connectivity index (χ1n) is 7.80. The van der Waals surface area contributed by atoms with E-state index in [4.69, 9.17) is 0 Å². The van der Waals surface area contributed by atoms with Crippen LogP contribution in [0.4, 0.5) is 0 Å². The lowest BCUT2D eigenvalue weighted by Crippen LogP contribution is -2.40. The van der Waals surface area contributed by atoms with E-state index in [2.05, 4.69) is 0 Å². The Morgan fingerprint density at radius 2 is 1.63 bits per heavy atom. The quantitative estimate of drug-likeness (QED) is 0.563. The molecular weight excluding hydrogens is 242 g/mol. The van der Waals surface area contributed by atoms with Gasteiger partial charge in [-0.1, -0.05) is 38.5 Å². The summed E-state index contributed by atoms with van der Waals surface area (Å²) in [6.45, 7) is -0.0432. The predicted octanol–water partition coefficient (Wildman–Crippen LogP) is 3.75. The number of hydrogen-bond acceptors (Lipinski definition) is 3. The van der Waals surface area contributed by atoms with Crippen LogP contribution in [0.3, 0.4) is 0 Å². The largest absolute Gasteiger partial charge is 0.299 e. The highest BCUT2D eigenvalue weighted by Crippen LogP contribution is 2.44. The van der Waals surface area contributed by atoms with Crippen molar-refractivity contribution in [1.82, 2.24) is 0 Å². The van der Waals surface area contributed by atoms with Crippen LogP contribution in [-0.2, 0) is 4.79 Å². The first-order chi connectivity index (χ1) is 9.14. The van der Waals surface area contributed by atoms with Crippen LogP contribution in [0.15, 0.2) is 0 Å². The summed E-state index contributed by atoms with van der Waals surface area (Å²) in [4.78, 5) is 23.3. The Morgan fingerprint density at radius 3 is 2.21 bits per heavy atom. The van der Waals surface area contributed by atoms with Gasteiger partial charge in [-0.05, 0) is 25.7 Å². The fourth-order valence-corrected chi connectivity index (χ4v) is 3.95. The predicted molar refractivity (Wildman–Crippen MR) is 73.6 cm³/mol. The second-order valence-electron chi connectivity index (χ2n) is 6.35. The summed E-state index contributed by atoms with van der Waals surface area (Å²) < 4.78 is 0. The lowest BCUT2D eigenvalue weighted by molar-refractivity contribution is -0.482. The van der Waals surface area contributed by atoms with E-state index in [1.165, 1.54) is 12.8 Å². The lowest BCUT2D eigenvalue weighted by Gasteiger charge is -2.38. The van der Waals surface area contributed by atoms with Gasteiger partial charge in [-0.25, -0.2) is 0 Å². The molecule has 0 bridgehead atoms. The minimum atomic E-state index is -0.354. The molecule has 0 aromatic carbocycles. The second kappa shape index (κ2) is 6.49. The van der Waals surface area contributed by atoms with Gasteiger partial charge in [0.1, 0.15) is 5.78 Å². The average molecular weight is 267 g/mol. The van der Waals surface area contributed by atoms with E-state index < -0.39 is 0 Å².